The number of benzene rings is 2. The molecule has 24 heavy (non-hydrogen) atoms. The maximum Gasteiger partial charge on any atom is 0.244 e. The maximum absolute atomic E-state index is 11.8. The first-order valence-electron chi connectivity index (χ1n) is 7.21. The molecule has 0 unspecified atom stereocenters. The van der Waals surface area contributed by atoms with Gasteiger partial charge in [0, 0.05) is 5.02 Å². The fraction of sp³-hybridized carbons (Fsp3) is 0.176. The van der Waals surface area contributed by atoms with Crippen LogP contribution in [0.15, 0.2) is 41.5 Å². The topological polar surface area (TPSA) is 70.9 Å². The Kier molecular flexibility index (Phi) is 6.46. The van der Waals surface area contributed by atoms with Crippen LogP contribution in [0.2, 0.25) is 10.0 Å². The van der Waals surface area contributed by atoms with Crippen molar-refractivity contribution in [2.75, 3.05) is 6.61 Å². The van der Waals surface area contributed by atoms with Crippen molar-refractivity contribution < 1.29 is 14.6 Å². The van der Waals surface area contributed by atoms with Gasteiger partial charge in [0.25, 0.3) is 0 Å². The van der Waals surface area contributed by atoms with Crippen LogP contribution in [0.25, 0.3) is 0 Å². The van der Waals surface area contributed by atoms with Crippen LogP contribution in [-0.2, 0) is 11.2 Å². The van der Waals surface area contributed by atoms with Gasteiger partial charge in [-0.3, -0.25) is 4.79 Å². The van der Waals surface area contributed by atoms with Crippen molar-refractivity contribution in [3.05, 3.63) is 57.6 Å². The number of hydrazone groups is 1. The maximum atomic E-state index is 11.8. The molecule has 0 saturated carbocycles. The number of phenols is 1. The molecule has 0 radical (unpaired) electrons. The van der Waals surface area contributed by atoms with Crippen molar-refractivity contribution >= 4 is 35.3 Å². The van der Waals surface area contributed by atoms with Crippen LogP contribution in [0.5, 0.6) is 11.5 Å². The van der Waals surface area contributed by atoms with E-state index in [1.54, 1.807) is 37.3 Å². The standard InChI is InChI=1S/C17H16Cl2N2O3/c1-2-24-15-8-12(7-14(19)17(15)23)10-20-21-16(22)9-11-3-5-13(18)6-4-11/h3-8,10,23H,2,9H2,1H3,(H,21,22). The molecule has 0 bridgehead atoms. The third kappa shape index (κ3) is 5.15. The number of rotatable bonds is 6. The van der Waals surface area contributed by atoms with Gasteiger partial charge in [0.2, 0.25) is 5.91 Å². The van der Waals surface area contributed by atoms with Crippen molar-refractivity contribution in [2.24, 2.45) is 5.10 Å². The molecule has 2 aromatic carbocycles. The number of aromatic hydroxyl groups is 1. The molecule has 0 spiro atoms. The minimum atomic E-state index is -0.261. The molecule has 2 N–H and O–H groups in total. The van der Waals surface area contributed by atoms with Gasteiger partial charge in [-0.25, -0.2) is 5.43 Å². The molecule has 0 aliphatic carbocycles. The van der Waals surface area contributed by atoms with E-state index in [1.807, 2.05) is 0 Å². The third-order valence-electron chi connectivity index (χ3n) is 3.03. The minimum absolute atomic E-state index is 0.123. The zero-order valence-electron chi connectivity index (χ0n) is 12.9. The first-order chi connectivity index (χ1) is 11.5. The molecular weight excluding hydrogens is 351 g/mol. The summed E-state index contributed by atoms with van der Waals surface area (Å²) in [5, 5.41) is 14.4. The van der Waals surface area contributed by atoms with Gasteiger partial charge in [0.1, 0.15) is 0 Å². The van der Waals surface area contributed by atoms with Crippen molar-refractivity contribution in [2.45, 2.75) is 13.3 Å². The smallest absolute Gasteiger partial charge is 0.244 e. The van der Waals surface area contributed by atoms with Crippen LogP contribution >= 0.6 is 23.2 Å². The first-order valence-corrected chi connectivity index (χ1v) is 7.97. The van der Waals surface area contributed by atoms with E-state index in [0.29, 0.717) is 17.2 Å². The molecule has 0 atom stereocenters. The van der Waals surface area contributed by atoms with Crippen LogP contribution in [0.1, 0.15) is 18.1 Å². The number of carbonyl (C=O) groups excluding carboxylic acids is 1. The van der Waals surface area contributed by atoms with Gasteiger partial charge >= 0.3 is 0 Å². The highest BCUT2D eigenvalue weighted by Crippen LogP contribution is 2.34. The Bertz CT molecular complexity index is 746. The largest absolute Gasteiger partial charge is 0.503 e. The van der Waals surface area contributed by atoms with E-state index in [2.05, 4.69) is 10.5 Å². The summed E-state index contributed by atoms with van der Waals surface area (Å²) in [6, 6.07) is 10.1. The summed E-state index contributed by atoms with van der Waals surface area (Å²) in [7, 11) is 0. The number of hydrogen-bond acceptors (Lipinski definition) is 4. The zero-order chi connectivity index (χ0) is 17.5. The van der Waals surface area contributed by atoms with Crippen molar-refractivity contribution in [3.63, 3.8) is 0 Å². The monoisotopic (exact) mass is 366 g/mol. The zero-order valence-corrected chi connectivity index (χ0v) is 14.4. The van der Waals surface area contributed by atoms with Gasteiger partial charge in [-0.1, -0.05) is 35.3 Å². The molecule has 0 saturated heterocycles. The Morgan fingerprint density at radius 2 is 2.00 bits per heavy atom. The average Bonchev–Trinajstić information content (AvgIpc) is 2.54. The van der Waals surface area contributed by atoms with E-state index in [9.17, 15) is 9.90 Å². The summed E-state index contributed by atoms with van der Waals surface area (Å²) < 4.78 is 5.28. The van der Waals surface area contributed by atoms with Gasteiger partial charge in [-0.05, 0) is 42.3 Å². The van der Waals surface area contributed by atoms with Gasteiger partial charge in [0.15, 0.2) is 11.5 Å². The number of ether oxygens (including phenoxy) is 1. The second-order valence-corrected chi connectivity index (χ2v) is 5.72. The Labute approximate surface area is 149 Å². The van der Waals surface area contributed by atoms with Crippen LogP contribution in [0.4, 0.5) is 0 Å². The van der Waals surface area contributed by atoms with Crippen LogP contribution in [-0.4, -0.2) is 23.8 Å². The van der Waals surface area contributed by atoms with Crippen LogP contribution in [0, 0.1) is 0 Å². The van der Waals surface area contributed by atoms with Gasteiger partial charge in [-0.2, -0.15) is 5.10 Å². The van der Waals surface area contributed by atoms with Crippen molar-refractivity contribution in [1.82, 2.24) is 5.43 Å². The minimum Gasteiger partial charge on any atom is -0.503 e. The molecule has 1 amide bonds. The van der Waals surface area contributed by atoms with Crippen LogP contribution < -0.4 is 10.2 Å². The Morgan fingerprint density at radius 3 is 2.67 bits per heavy atom. The summed E-state index contributed by atoms with van der Waals surface area (Å²) in [6.45, 7) is 2.19. The fourth-order valence-electron chi connectivity index (χ4n) is 1.94. The number of nitrogens with zero attached hydrogens (tertiary/aromatic N) is 1. The summed E-state index contributed by atoms with van der Waals surface area (Å²) in [4.78, 5) is 11.8. The lowest BCUT2D eigenvalue weighted by Crippen LogP contribution is -2.19. The van der Waals surface area contributed by atoms with Crippen molar-refractivity contribution in [1.29, 1.82) is 0 Å². The van der Waals surface area contributed by atoms with E-state index in [1.165, 1.54) is 12.3 Å². The van der Waals surface area contributed by atoms with Crippen molar-refractivity contribution in [3.8, 4) is 11.5 Å². The molecule has 0 heterocycles. The third-order valence-corrected chi connectivity index (χ3v) is 3.57. The van der Waals surface area contributed by atoms with E-state index < -0.39 is 0 Å². The summed E-state index contributed by atoms with van der Waals surface area (Å²) in [5.74, 6) is -0.120. The molecule has 2 rings (SSSR count). The Balaban J connectivity index is 1.98. The SMILES string of the molecule is CCOc1cc(C=NNC(=O)Cc2ccc(Cl)cc2)cc(Cl)c1O. The second-order valence-electron chi connectivity index (χ2n) is 4.88. The van der Waals surface area contributed by atoms with E-state index in [-0.39, 0.29) is 28.8 Å². The lowest BCUT2D eigenvalue weighted by Gasteiger charge is -2.08. The first kappa shape index (κ1) is 18.1. The van der Waals surface area contributed by atoms with Gasteiger partial charge in [0.05, 0.1) is 24.3 Å². The summed E-state index contributed by atoms with van der Waals surface area (Å²) in [6.07, 6.45) is 1.61. The molecule has 5 nitrogen and oxygen atoms in total. The molecule has 2 aromatic rings. The molecular formula is C17H16Cl2N2O3. The number of halogens is 2. The lowest BCUT2D eigenvalue weighted by molar-refractivity contribution is -0.120. The quantitative estimate of drug-likeness (QED) is 0.603. The summed E-state index contributed by atoms with van der Waals surface area (Å²) in [5.41, 5.74) is 3.85. The second kappa shape index (κ2) is 8.57. The molecule has 0 aliphatic rings. The number of phenolic OH excluding ortho intramolecular Hbond substituents is 1. The Hall–Kier alpha value is -2.24. The molecule has 0 aliphatic heterocycles. The number of amides is 1. The average molecular weight is 367 g/mol. The van der Waals surface area contributed by atoms with E-state index in [4.69, 9.17) is 27.9 Å². The number of nitrogens with one attached hydrogen (secondary N) is 1. The van der Waals surface area contributed by atoms with E-state index >= 15 is 0 Å². The molecule has 0 fully saturated rings. The molecule has 7 heteroatoms. The molecule has 0 aromatic heterocycles. The fourth-order valence-corrected chi connectivity index (χ4v) is 2.28. The highest BCUT2D eigenvalue weighted by Gasteiger charge is 2.08. The number of carbonyl (C=O) groups is 1. The summed E-state index contributed by atoms with van der Waals surface area (Å²) >= 11 is 11.7. The Morgan fingerprint density at radius 1 is 1.29 bits per heavy atom. The van der Waals surface area contributed by atoms with Gasteiger partial charge < -0.3 is 9.84 Å². The predicted molar refractivity (Wildman–Crippen MR) is 95.2 cm³/mol. The molecule has 126 valence electrons. The highest BCUT2D eigenvalue weighted by molar-refractivity contribution is 6.32. The van der Waals surface area contributed by atoms with E-state index in [0.717, 1.165) is 5.56 Å². The van der Waals surface area contributed by atoms with Gasteiger partial charge in [-0.15, -0.1) is 0 Å². The normalized spacial score (nSPS) is 10.8. The highest BCUT2D eigenvalue weighted by atomic mass is 35.5. The lowest BCUT2D eigenvalue weighted by atomic mass is 10.1. The number of hydrogen-bond donors (Lipinski definition) is 2. The predicted octanol–water partition coefficient (Wildman–Crippen LogP) is 3.79. The van der Waals surface area contributed by atoms with Crippen LogP contribution in [0.3, 0.4) is 0 Å².